The number of nitrogens with zero attached hydrogens (tertiary/aromatic N) is 1. The molecule has 2 unspecified atom stereocenters. The molecule has 4 rings (SSSR count). The minimum absolute atomic E-state index is 0.165. The fourth-order valence-electron chi connectivity index (χ4n) is 5.09. The lowest BCUT2D eigenvalue weighted by molar-refractivity contribution is -0.139. The summed E-state index contributed by atoms with van der Waals surface area (Å²) in [4.78, 5) is 53.1. The Balaban J connectivity index is 1.54. The van der Waals surface area contributed by atoms with Crippen LogP contribution in [0.25, 0.3) is 11.1 Å². The molecule has 9 nitrogen and oxygen atoms in total. The van der Waals surface area contributed by atoms with Crippen LogP contribution in [0.15, 0.2) is 84.9 Å². The van der Waals surface area contributed by atoms with Crippen molar-refractivity contribution in [2.75, 3.05) is 6.54 Å². The van der Waals surface area contributed by atoms with Gasteiger partial charge in [-0.15, -0.1) is 11.8 Å². The van der Waals surface area contributed by atoms with Gasteiger partial charge >= 0.3 is 0 Å². The highest BCUT2D eigenvalue weighted by Gasteiger charge is 2.46. The highest BCUT2D eigenvalue weighted by Crippen LogP contribution is 2.45. The maximum atomic E-state index is 13.8. The molecule has 3 aromatic carbocycles. The first-order valence-electron chi connectivity index (χ1n) is 14.0. The zero-order valence-electron chi connectivity index (χ0n) is 23.4. The lowest BCUT2D eigenvalue weighted by Gasteiger charge is -2.31. The van der Waals surface area contributed by atoms with E-state index in [0.29, 0.717) is 25.8 Å². The van der Waals surface area contributed by atoms with Crippen LogP contribution >= 0.6 is 11.8 Å². The highest BCUT2D eigenvalue weighted by molar-refractivity contribution is 8.01. The van der Waals surface area contributed by atoms with E-state index in [2.05, 4.69) is 5.32 Å². The van der Waals surface area contributed by atoms with Crippen molar-refractivity contribution < 1.29 is 19.2 Å². The van der Waals surface area contributed by atoms with E-state index in [1.54, 1.807) is 0 Å². The molecule has 0 saturated carbocycles. The number of nitrogens with one attached hydrogen (secondary N) is 1. The van der Waals surface area contributed by atoms with E-state index in [1.165, 1.54) is 16.7 Å². The molecule has 0 spiro atoms. The molecule has 7 N–H and O–H groups in total. The Morgan fingerprint density at radius 1 is 0.833 bits per heavy atom. The molecule has 3 aromatic rings. The van der Waals surface area contributed by atoms with Gasteiger partial charge in [-0.25, -0.2) is 0 Å². The predicted octanol–water partition coefficient (Wildman–Crippen LogP) is 2.88. The molecular formula is C32H37N5O4S. The van der Waals surface area contributed by atoms with Crippen LogP contribution in [0.1, 0.15) is 42.2 Å². The molecule has 4 atom stereocenters. The summed E-state index contributed by atoms with van der Waals surface area (Å²) in [7, 11) is 0. The van der Waals surface area contributed by atoms with Crippen LogP contribution in [0, 0.1) is 0 Å². The monoisotopic (exact) mass is 587 g/mol. The number of rotatable bonds is 14. The second kappa shape index (κ2) is 14.7. The molecule has 220 valence electrons. The van der Waals surface area contributed by atoms with E-state index in [4.69, 9.17) is 17.2 Å². The molecule has 0 aliphatic carbocycles. The second-order valence-corrected chi connectivity index (χ2v) is 11.6. The molecule has 4 amide bonds. The SMILES string of the molecule is NCCCC[C@@H](NC(=O)CC1SC(c2ccccc2)N([C@@H](Cc2ccc(-c3ccccc3)cc2)C(N)=O)C1=O)C(N)=O. The summed E-state index contributed by atoms with van der Waals surface area (Å²) in [6.07, 6.45) is 1.77. The number of amides is 4. The summed E-state index contributed by atoms with van der Waals surface area (Å²) in [5.41, 5.74) is 20.7. The average Bonchev–Trinajstić information content (AvgIpc) is 3.31. The first kappa shape index (κ1) is 30.8. The Hall–Kier alpha value is -4.15. The Bertz CT molecular complexity index is 1370. The van der Waals surface area contributed by atoms with Crippen LogP contribution in [0.5, 0.6) is 0 Å². The summed E-state index contributed by atoms with van der Waals surface area (Å²) in [6, 6.07) is 25.4. The van der Waals surface area contributed by atoms with Crippen molar-refractivity contribution in [1.29, 1.82) is 0 Å². The van der Waals surface area contributed by atoms with E-state index in [-0.39, 0.29) is 18.7 Å². The van der Waals surface area contributed by atoms with E-state index in [9.17, 15) is 19.2 Å². The van der Waals surface area contributed by atoms with E-state index >= 15 is 0 Å². The molecule has 1 fully saturated rings. The van der Waals surface area contributed by atoms with Crippen LogP contribution in [0.4, 0.5) is 0 Å². The Morgan fingerprint density at radius 3 is 2.05 bits per heavy atom. The quantitative estimate of drug-likeness (QED) is 0.212. The predicted molar refractivity (Wildman–Crippen MR) is 165 cm³/mol. The largest absolute Gasteiger partial charge is 0.368 e. The van der Waals surface area contributed by atoms with Gasteiger partial charge in [0.15, 0.2) is 0 Å². The minimum Gasteiger partial charge on any atom is -0.368 e. The first-order valence-corrected chi connectivity index (χ1v) is 15.0. The normalized spacial score (nSPS) is 17.9. The number of carbonyl (C=O) groups excluding carboxylic acids is 4. The summed E-state index contributed by atoms with van der Waals surface area (Å²) in [6.45, 7) is 0.474. The maximum Gasteiger partial charge on any atom is 0.240 e. The van der Waals surface area contributed by atoms with Gasteiger partial charge in [0.2, 0.25) is 23.6 Å². The van der Waals surface area contributed by atoms with Crippen LogP contribution in [-0.2, 0) is 25.6 Å². The van der Waals surface area contributed by atoms with E-state index in [1.807, 2.05) is 84.9 Å². The van der Waals surface area contributed by atoms with Gasteiger partial charge in [-0.3, -0.25) is 19.2 Å². The van der Waals surface area contributed by atoms with Crippen molar-refractivity contribution in [3.63, 3.8) is 0 Å². The summed E-state index contributed by atoms with van der Waals surface area (Å²) >= 11 is 1.30. The molecule has 0 bridgehead atoms. The Labute approximate surface area is 250 Å². The fraction of sp³-hybridized carbons (Fsp3) is 0.312. The molecule has 0 radical (unpaired) electrons. The number of benzene rings is 3. The molecular weight excluding hydrogens is 550 g/mol. The molecule has 0 aromatic heterocycles. The van der Waals surface area contributed by atoms with E-state index < -0.39 is 40.4 Å². The van der Waals surface area contributed by atoms with Crippen LogP contribution < -0.4 is 22.5 Å². The number of carbonyl (C=O) groups is 4. The van der Waals surface area contributed by atoms with Gasteiger partial charge in [0.1, 0.15) is 17.5 Å². The number of nitrogens with two attached hydrogens (primary N) is 3. The smallest absolute Gasteiger partial charge is 0.240 e. The molecule has 1 heterocycles. The average molecular weight is 588 g/mol. The molecule has 1 aliphatic heterocycles. The summed E-state index contributed by atoms with van der Waals surface area (Å²) in [5, 5.41) is 1.39. The second-order valence-electron chi connectivity index (χ2n) is 10.3. The topological polar surface area (TPSA) is 162 Å². The van der Waals surface area contributed by atoms with Gasteiger partial charge < -0.3 is 27.4 Å². The number of thioether (sulfide) groups is 1. The van der Waals surface area contributed by atoms with Gasteiger partial charge in [0.05, 0.1) is 5.25 Å². The minimum atomic E-state index is -0.930. The first-order chi connectivity index (χ1) is 20.3. The molecule has 1 aliphatic rings. The summed E-state index contributed by atoms with van der Waals surface area (Å²) in [5.74, 6) is -2.08. The summed E-state index contributed by atoms with van der Waals surface area (Å²) < 4.78 is 0. The van der Waals surface area contributed by atoms with Crippen molar-refractivity contribution in [3.05, 3.63) is 96.1 Å². The standard InChI is InChI=1S/C32H37N5O4S/c33-18-8-7-13-25(29(34)39)36-28(38)20-27-31(41)37(32(42-27)24-11-5-2-6-12-24)26(30(35)40)19-21-14-16-23(17-15-21)22-9-3-1-4-10-22/h1-6,9-12,14-17,25-27,32H,7-8,13,18-20,33H2,(H2,34,39)(H2,35,40)(H,36,38)/t25-,26+,27?,32?/m1/s1. The maximum absolute atomic E-state index is 13.8. The Morgan fingerprint density at radius 2 is 1.45 bits per heavy atom. The van der Waals surface area contributed by atoms with Crippen molar-refractivity contribution in [1.82, 2.24) is 10.2 Å². The number of primary amides is 2. The third-order valence-corrected chi connectivity index (χ3v) is 8.77. The van der Waals surface area contributed by atoms with Crippen LogP contribution in [0.3, 0.4) is 0 Å². The third kappa shape index (κ3) is 7.77. The molecule has 10 heteroatoms. The van der Waals surface area contributed by atoms with Crippen molar-refractivity contribution in [3.8, 4) is 11.1 Å². The van der Waals surface area contributed by atoms with Gasteiger partial charge in [-0.1, -0.05) is 84.9 Å². The van der Waals surface area contributed by atoms with Crippen molar-refractivity contribution >= 4 is 35.4 Å². The van der Waals surface area contributed by atoms with Crippen molar-refractivity contribution in [2.45, 2.75) is 54.8 Å². The number of hydrogen-bond donors (Lipinski definition) is 4. The van der Waals surface area contributed by atoms with Gasteiger partial charge in [-0.05, 0) is 48.1 Å². The van der Waals surface area contributed by atoms with Crippen LogP contribution in [-0.4, -0.2) is 52.4 Å². The third-order valence-electron chi connectivity index (χ3n) is 7.31. The van der Waals surface area contributed by atoms with Gasteiger partial charge in [0, 0.05) is 12.8 Å². The number of hydrogen-bond acceptors (Lipinski definition) is 6. The number of unbranched alkanes of at least 4 members (excludes halogenated alkanes) is 1. The molecule has 42 heavy (non-hydrogen) atoms. The highest BCUT2D eigenvalue weighted by atomic mass is 32.2. The van der Waals surface area contributed by atoms with Crippen molar-refractivity contribution in [2.24, 2.45) is 17.2 Å². The van der Waals surface area contributed by atoms with Gasteiger partial charge in [0.25, 0.3) is 0 Å². The van der Waals surface area contributed by atoms with Gasteiger partial charge in [-0.2, -0.15) is 0 Å². The fourth-order valence-corrected chi connectivity index (χ4v) is 6.59. The zero-order chi connectivity index (χ0) is 30.1. The molecule has 1 saturated heterocycles. The Kier molecular flexibility index (Phi) is 10.7. The zero-order valence-corrected chi connectivity index (χ0v) is 24.2. The van der Waals surface area contributed by atoms with E-state index in [0.717, 1.165) is 22.3 Å². The lowest BCUT2D eigenvalue weighted by atomic mass is 9.99. The van der Waals surface area contributed by atoms with Crippen LogP contribution in [0.2, 0.25) is 0 Å². The lowest BCUT2D eigenvalue weighted by Crippen LogP contribution is -2.49.